The molecule has 32 heavy (non-hydrogen) atoms. The highest BCUT2D eigenvalue weighted by Gasteiger charge is 2.31. The van der Waals surface area contributed by atoms with Crippen LogP contribution in [0.1, 0.15) is 17.0 Å². The molecule has 0 aliphatic carbocycles. The van der Waals surface area contributed by atoms with E-state index in [4.69, 9.17) is 9.47 Å². The Morgan fingerprint density at radius 3 is 2.16 bits per heavy atom. The summed E-state index contributed by atoms with van der Waals surface area (Å²) in [5.41, 5.74) is 0.480. The zero-order chi connectivity index (χ0) is 23.1. The van der Waals surface area contributed by atoms with Gasteiger partial charge in [-0.15, -0.1) is 13.2 Å². The predicted molar refractivity (Wildman–Crippen MR) is 104 cm³/mol. The summed E-state index contributed by atoms with van der Waals surface area (Å²) in [6.45, 7) is -1.45. The molecule has 0 saturated heterocycles. The lowest BCUT2D eigenvalue weighted by molar-refractivity contribution is -0.274. The Bertz CT molecular complexity index is 993. The van der Waals surface area contributed by atoms with Gasteiger partial charge in [-0.1, -0.05) is 36.4 Å². The minimum Gasteiger partial charge on any atom is -0.454 e. The van der Waals surface area contributed by atoms with Crippen molar-refractivity contribution in [1.82, 2.24) is 0 Å². The molecular formula is C23H18F6O3. The quantitative estimate of drug-likeness (QED) is 0.322. The van der Waals surface area contributed by atoms with Crippen molar-refractivity contribution >= 4 is 0 Å². The Balaban J connectivity index is 1.63. The molecule has 0 fully saturated rings. The van der Waals surface area contributed by atoms with E-state index in [9.17, 15) is 26.3 Å². The lowest BCUT2D eigenvalue weighted by atomic mass is 10.0. The fourth-order valence-corrected chi connectivity index (χ4v) is 2.85. The Labute approximate surface area is 180 Å². The number of rotatable bonds is 9. The second kappa shape index (κ2) is 10.4. The highest BCUT2D eigenvalue weighted by molar-refractivity contribution is 5.35. The lowest BCUT2D eigenvalue weighted by Gasteiger charge is -2.20. The fourth-order valence-electron chi connectivity index (χ4n) is 2.85. The number of para-hydroxylation sites is 1. The maximum absolute atomic E-state index is 14.6. The zero-order valence-corrected chi connectivity index (χ0v) is 16.5. The standard InChI is InChI=1S/C23H18F6O3/c24-13-19(16-7-9-18(10-8-16)32-23(27,28)29)22(26)30-14-15-6-11-20(25)21(12-15)31-17-4-2-1-3-5-17/h1-12,19,22H,13-14H2. The summed E-state index contributed by atoms with van der Waals surface area (Å²) in [6.07, 6.45) is -6.97. The Morgan fingerprint density at radius 1 is 0.844 bits per heavy atom. The minimum atomic E-state index is -4.87. The van der Waals surface area contributed by atoms with Crippen molar-refractivity contribution in [3.05, 3.63) is 89.7 Å². The van der Waals surface area contributed by atoms with E-state index < -0.39 is 36.9 Å². The summed E-state index contributed by atoms with van der Waals surface area (Å²) in [5.74, 6) is -2.18. The third-order valence-electron chi connectivity index (χ3n) is 4.40. The number of halogens is 6. The van der Waals surface area contributed by atoms with Crippen LogP contribution in [0.4, 0.5) is 26.3 Å². The summed E-state index contributed by atoms with van der Waals surface area (Å²) in [5, 5.41) is 0. The summed E-state index contributed by atoms with van der Waals surface area (Å²) in [4.78, 5) is 0. The van der Waals surface area contributed by atoms with Crippen LogP contribution in [0, 0.1) is 5.82 Å². The summed E-state index contributed by atoms with van der Waals surface area (Å²) >= 11 is 0. The van der Waals surface area contributed by atoms with Gasteiger partial charge in [0.2, 0.25) is 6.36 Å². The van der Waals surface area contributed by atoms with Gasteiger partial charge in [0.25, 0.3) is 0 Å². The van der Waals surface area contributed by atoms with Gasteiger partial charge in [-0.25, -0.2) is 8.78 Å². The fraction of sp³-hybridized carbons (Fsp3) is 0.217. The van der Waals surface area contributed by atoms with Crippen LogP contribution in [-0.2, 0) is 11.3 Å². The van der Waals surface area contributed by atoms with Crippen molar-refractivity contribution in [2.45, 2.75) is 25.2 Å². The molecule has 170 valence electrons. The van der Waals surface area contributed by atoms with Crippen LogP contribution >= 0.6 is 0 Å². The van der Waals surface area contributed by atoms with Crippen molar-refractivity contribution in [3.63, 3.8) is 0 Å². The first-order valence-corrected chi connectivity index (χ1v) is 9.44. The second-order valence-electron chi connectivity index (χ2n) is 6.72. The van der Waals surface area contributed by atoms with Gasteiger partial charge >= 0.3 is 6.36 Å². The van der Waals surface area contributed by atoms with Crippen LogP contribution in [0.5, 0.6) is 17.2 Å². The van der Waals surface area contributed by atoms with Crippen LogP contribution in [0.3, 0.4) is 0 Å². The van der Waals surface area contributed by atoms with E-state index in [1.807, 2.05) is 0 Å². The number of alkyl halides is 5. The Hall–Kier alpha value is -3.20. The predicted octanol–water partition coefficient (Wildman–Crippen LogP) is 7.08. The molecule has 0 amide bonds. The summed E-state index contributed by atoms with van der Waals surface area (Å²) < 4.78 is 93.0. The Morgan fingerprint density at radius 2 is 1.53 bits per heavy atom. The smallest absolute Gasteiger partial charge is 0.454 e. The molecule has 0 heterocycles. The monoisotopic (exact) mass is 456 g/mol. The van der Waals surface area contributed by atoms with Crippen molar-refractivity contribution in [2.75, 3.05) is 6.67 Å². The van der Waals surface area contributed by atoms with Crippen molar-refractivity contribution in [2.24, 2.45) is 0 Å². The van der Waals surface area contributed by atoms with Crippen molar-refractivity contribution in [1.29, 1.82) is 0 Å². The second-order valence-corrected chi connectivity index (χ2v) is 6.72. The van der Waals surface area contributed by atoms with Gasteiger partial charge in [-0.3, -0.25) is 4.39 Å². The Kier molecular flexibility index (Phi) is 7.63. The summed E-state index contributed by atoms with van der Waals surface area (Å²) in [6, 6.07) is 16.5. The first-order chi connectivity index (χ1) is 15.2. The average Bonchev–Trinajstić information content (AvgIpc) is 2.75. The molecule has 2 unspecified atom stereocenters. The number of hydrogen-bond acceptors (Lipinski definition) is 3. The molecule has 3 nitrogen and oxygen atoms in total. The van der Waals surface area contributed by atoms with E-state index in [2.05, 4.69) is 4.74 Å². The first kappa shape index (κ1) is 23.5. The normalized spacial score (nSPS) is 13.4. The molecule has 3 rings (SSSR count). The molecule has 0 bridgehead atoms. The molecule has 3 aromatic rings. The number of benzene rings is 3. The molecule has 3 aromatic carbocycles. The van der Waals surface area contributed by atoms with Gasteiger partial charge in [0, 0.05) is 0 Å². The van der Waals surface area contributed by atoms with Gasteiger partial charge in [0.1, 0.15) is 18.2 Å². The highest BCUT2D eigenvalue weighted by Crippen LogP contribution is 2.30. The first-order valence-electron chi connectivity index (χ1n) is 9.44. The van der Waals surface area contributed by atoms with Crippen LogP contribution in [0.15, 0.2) is 72.8 Å². The lowest BCUT2D eigenvalue weighted by Crippen LogP contribution is -2.20. The van der Waals surface area contributed by atoms with Crippen LogP contribution in [0.25, 0.3) is 0 Å². The van der Waals surface area contributed by atoms with Crippen LogP contribution in [0.2, 0.25) is 0 Å². The molecular weight excluding hydrogens is 438 g/mol. The van der Waals surface area contributed by atoms with Gasteiger partial charge < -0.3 is 14.2 Å². The van der Waals surface area contributed by atoms with Gasteiger partial charge in [0.05, 0.1) is 12.5 Å². The van der Waals surface area contributed by atoms with E-state index in [-0.39, 0.29) is 17.9 Å². The molecule has 0 spiro atoms. The summed E-state index contributed by atoms with van der Waals surface area (Å²) in [7, 11) is 0. The molecule has 0 saturated carbocycles. The van der Waals surface area contributed by atoms with Gasteiger partial charge in [-0.05, 0) is 47.5 Å². The number of ether oxygens (including phenoxy) is 3. The molecule has 0 aliphatic heterocycles. The third-order valence-corrected chi connectivity index (χ3v) is 4.40. The van der Waals surface area contributed by atoms with E-state index in [1.54, 1.807) is 30.3 Å². The van der Waals surface area contributed by atoms with Gasteiger partial charge in [-0.2, -0.15) is 0 Å². The number of hydrogen-bond donors (Lipinski definition) is 0. The average molecular weight is 456 g/mol. The van der Waals surface area contributed by atoms with Crippen LogP contribution in [-0.4, -0.2) is 19.4 Å². The molecule has 0 aliphatic rings. The SMILES string of the molecule is FCC(c1ccc(OC(F)(F)F)cc1)C(F)OCc1ccc(F)c(Oc2ccccc2)c1. The molecule has 0 radical (unpaired) electrons. The molecule has 0 aromatic heterocycles. The third kappa shape index (κ3) is 6.65. The van der Waals surface area contributed by atoms with E-state index >= 15 is 0 Å². The van der Waals surface area contributed by atoms with Crippen molar-refractivity contribution in [3.8, 4) is 17.2 Å². The van der Waals surface area contributed by atoms with E-state index in [0.717, 1.165) is 30.3 Å². The van der Waals surface area contributed by atoms with E-state index in [0.29, 0.717) is 11.3 Å². The van der Waals surface area contributed by atoms with E-state index in [1.165, 1.54) is 12.1 Å². The zero-order valence-electron chi connectivity index (χ0n) is 16.5. The molecule has 9 heteroatoms. The largest absolute Gasteiger partial charge is 0.573 e. The maximum Gasteiger partial charge on any atom is 0.573 e. The van der Waals surface area contributed by atoms with Crippen LogP contribution < -0.4 is 9.47 Å². The molecule has 0 N–H and O–H groups in total. The minimum absolute atomic E-state index is 0.0880. The van der Waals surface area contributed by atoms with Crippen molar-refractivity contribution < 1.29 is 40.6 Å². The topological polar surface area (TPSA) is 27.7 Å². The maximum atomic E-state index is 14.6. The highest BCUT2D eigenvalue weighted by atomic mass is 19.4. The van der Waals surface area contributed by atoms with Gasteiger partial charge in [0.15, 0.2) is 11.6 Å². The molecule has 2 atom stereocenters.